The largest absolute Gasteiger partial charge is 0.508 e. The van der Waals surface area contributed by atoms with Gasteiger partial charge >= 0.3 is 0 Å². The van der Waals surface area contributed by atoms with Gasteiger partial charge in [0.05, 0.1) is 17.2 Å². The molecule has 0 aliphatic carbocycles. The number of nitro benzene ring substituents is 1. The molecule has 2 rings (SSSR count). The van der Waals surface area contributed by atoms with E-state index in [-0.39, 0.29) is 28.3 Å². The second kappa shape index (κ2) is 6.35. The number of non-ortho nitro benzene ring substituents is 1. The molecule has 0 fully saturated rings. The summed E-state index contributed by atoms with van der Waals surface area (Å²) in [6, 6.07) is 9.03. The van der Waals surface area contributed by atoms with E-state index in [1.165, 1.54) is 42.6 Å². The van der Waals surface area contributed by atoms with Gasteiger partial charge in [-0.25, -0.2) is 5.43 Å². The lowest BCUT2D eigenvalue weighted by atomic mass is 10.2. The molecule has 2 aromatic carbocycles. The Bertz CT molecular complexity index is 741. The fraction of sp³-hybridized carbons (Fsp3) is 0. The monoisotopic (exact) mass is 301 g/mol. The zero-order valence-corrected chi connectivity index (χ0v) is 11.1. The summed E-state index contributed by atoms with van der Waals surface area (Å²) in [6.07, 6.45) is 1.17. The Morgan fingerprint density at radius 2 is 1.82 bits per heavy atom. The van der Waals surface area contributed by atoms with Gasteiger partial charge in [0, 0.05) is 17.2 Å². The van der Waals surface area contributed by atoms with E-state index < -0.39 is 10.8 Å². The highest BCUT2D eigenvalue weighted by Crippen LogP contribution is 2.20. The van der Waals surface area contributed by atoms with Crippen LogP contribution in [0.2, 0.25) is 0 Å². The molecule has 2 aromatic rings. The number of rotatable bonds is 4. The van der Waals surface area contributed by atoms with E-state index in [2.05, 4.69) is 10.5 Å². The van der Waals surface area contributed by atoms with Crippen molar-refractivity contribution in [3.05, 3.63) is 63.7 Å². The molecule has 8 nitrogen and oxygen atoms in total. The number of carbonyl (C=O) groups excluding carboxylic acids is 1. The first-order chi connectivity index (χ1) is 10.5. The highest BCUT2D eigenvalue weighted by Gasteiger charge is 2.08. The molecule has 0 saturated heterocycles. The molecule has 0 radical (unpaired) electrons. The van der Waals surface area contributed by atoms with E-state index >= 15 is 0 Å². The minimum atomic E-state index is -0.647. The molecular formula is C14H11N3O5. The molecule has 0 aromatic heterocycles. The van der Waals surface area contributed by atoms with Crippen molar-refractivity contribution in [2.75, 3.05) is 0 Å². The third-order valence-corrected chi connectivity index (χ3v) is 2.64. The molecule has 0 atom stereocenters. The van der Waals surface area contributed by atoms with Gasteiger partial charge in [-0.2, -0.15) is 5.10 Å². The van der Waals surface area contributed by atoms with Gasteiger partial charge in [0.2, 0.25) is 0 Å². The lowest BCUT2D eigenvalue weighted by molar-refractivity contribution is -0.384. The van der Waals surface area contributed by atoms with Crippen molar-refractivity contribution in [3.8, 4) is 11.5 Å². The van der Waals surface area contributed by atoms with Crippen molar-refractivity contribution in [1.82, 2.24) is 5.43 Å². The molecule has 0 aliphatic rings. The molecule has 0 bridgehead atoms. The summed E-state index contributed by atoms with van der Waals surface area (Å²) < 4.78 is 0. The quantitative estimate of drug-likeness (QED) is 0.451. The van der Waals surface area contributed by atoms with Crippen LogP contribution in [0.1, 0.15) is 15.9 Å². The third-order valence-electron chi connectivity index (χ3n) is 2.64. The Balaban J connectivity index is 2.07. The molecule has 0 unspecified atom stereocenters. The normalized spacial score (nSPS) is 10.5. The molecule has 0 spiro atoms. The topological polar surface area (TPSA) is 125 Å². The number of aromatic hydroxyl groups is 2. The fourth-order valence-electron chi connectivity index (χ4n) is 1.64. The standard InChI is InChI=1S/C14H11N3O5/c18-12-3-1-10(2-4-12)14(20)16-15-8-9-5-11(17(21)22)7-13(19)6-9/h1-8,18-19H,(H,16,20)/b15-8+. The molecule has 3 N–H and O–H groups in total. The lowest BCUT2D eigenvalue weighted by Crippen LogP contribution is -2.17. The van der Waals surface area contributed by atoms with Crippen LogP contribution in [-0.4, -0.2) is 27.3 Å². The fourth-order valence-corrected chi connectivity index (χ4v) is 1.64. The molecule has 112 valence electrons. The summed E-state index contributed by atoms with van der Waals surface area (Å²) in [4.78, 5) is 21.7. The van der Waals surface area contributed by atoms with Crippen LogP contribution in [0.15, 0.2) is 47.6 Å². The second-order valence-corrected chi connectivity index (χ2v) is 4.29. The second-order valence-electron chi connectivity index (χ2n) is 4.29. The zero-order valence-electron chi connectivity index (χ0n) is 11.1. The van der Waals surface area contributed by atoms with Crippen LogP contribution >= 0.6 is 0 Å². The van der Waals surface area contributed by atoms with Crippen LogP contribution in [0.5, 0.6) is 11.5 Å². The summed E-state index contributed by atoms with van der Waals surface area (Å²) in [5.74, 6) is -0.751. The van der Waals surface area contributed by atoms with Crippen LogP contribution < -0.4 is 5.43 Å². The maximum atomic E-state index is 11.7. The number of amides is 1. The lowest BCUT2D eigenvalue weighted by Gasteiger charge is -2.00. The van der Waals surface area contributed by atoms with E-state index in [0.717, 1.165) is 6.07 Å². The SMILES string of the molecule is O=C(N/N=C/c1cc(O)cc([N+](=O)[O-])c1)c1ccc(O)cc1. The Hall–Kier alpha value is -3.42. The predicted octanol–water partition coefficient (Wildman–Crippen LogP) is 1.77. The number of hydrazone groups is 1. The number of hydrogen-bond donors (Lipinski definition) is 3. The van der Waals surface area contributed by atoms with Gasteiger partial charge in [-0.3, -0.25) is 14.9 Å². The van der Waals surface area contributed by atoms with E-state index in [1.807, 2.05) is 0 Å². The first kappa shape index (κ1) is 15.0. The Morgan fingerprint density at radius 3 is 2.45 bits per heavy atom. The molecule has 0 aliphatic heterocycles. The Morgan fingerprint density at radius 1 is 1.14 bits per heavy atom. The van der Waals surface area contributed by atoms with E-state index in [9.17, 15) is 20.0 Å². The minimum absolute atomic E-state index is 0.0344. The first-order valence-corrected chi connectivity index (χ1v) is 6.06. The first-order valence-electron chi connectivity index (χ1n) is 6.06. The average molecular weight is 301 g/mol. The van der Waals surface area contributed by atoms with E-state index in [0.29, 0.717) is 0 Å². The average Bonchev–Trinajstić information content (AvgIpc) is 2.47. The van der Waals surface area contributed by atoms with E-state index in [4.69, 9.17) is 5.11 Å². The highest BCUT2D eigenvalue weighted by molar-refractivity contribution is 5.95. The summed E-state index contributed by atoms with van der Waals surface area (Å²) in [5, 5.41) is 32.8. The zero-order chi connectivity index (χ0) is 16.1. The number of phenolic OH excluding ortho intramolecular Hbond substituents is 2. The number of carbonyl (C=O) groups is 1. The van der Waals surface area contributed by atoms with Gasteiger partial charge in [0.15, 0.2) is 0 Å². The van der Waals surface area contributed by atoms with E-state index in [1.54, 1.807) is 0 Å². The number of nitrogens with one attached hydrogen (secondary N) is 1. The summed E-state index contributed by atoms with van der Waals surface area (Å²) >= 11 is 0. The number of hydrogen-bond acceptors (Lipinski definition) is 6. The van der Waals surface area contributed by atoms with Crippen molar-refractivity contribution in [3.63, 3.8) is 0 Å². The smallest absolute Gasteiger partial charge is 0.273 e. The number of benzene rings is 2. The molecule has 22 heavy (non-hydrogen) atoms. The number of nitro groups is 1. The van der Waals surface area contributed by atoms with Gasteiger partial charge in [0.1, 0.15) is 11.5 Å². The Kier molecular flexibility index (Phi) is 4.33. The van der Waals surface area contributed by atoms with Gasteiger partial charge in [-0.05, 0) is 30.3 Å². The predicted molar refractivity (Wildman–Crippen MR) is 77.9 cm³/mol. The number of phenols is 2. The van der Waals surface area contributed by atoms with Crippen LogP contribution in [-0.2, 0) is 0 Å². The van der Waals surface area contributed by atoms with Crippen molar-refractivity contribution < 1.29 is 19.9 Å². The maximum absolute atomic E-state index is 11.7. The minimum Gasteiger partial charge on any atom is -0.508 e. The van der Waals surface area contributed by atoms with Crippen LogP contribution in [0.3, 0.4) is 0 Å². The van der Waals surface area contributed by atoms with Crippen LogP contribution in [0.25, 0.3) is 0 Å². The third kappa shape index (κ3) is 3.79. The summed E-state index contributed by atoms with van der Waals surface area (Å²) in [6.45, 7) is 0. The molecule has 8 heteroatoms. The molecule has 0 saturated carbocycles. The van der Waals surface area contributed by atoms with Gasteiger partial charge in [0.25, 0.3) is 11.6 Å². The Labute approximate surface area is 124 Å². The molecule has 1 amide bonds. The van der Waals surface area contributed by atoms with Crippen molar-refractivity contribution in [2.45, 2.75) is 0 Å². The number of nitrogens with zero attached hydrogens (tertiary/aromatic N) is 2. The van der Waals surface area contributed by atoms with Crippen molar-refractivity contribution in [2.24, 2.45) is 5.10 Å². The van der Waals surface area contributed by atoms with Gasteiger partial charge in [-0.15, -0.1) is 0 Å². The van der Waals surface area contributed by atoms with Gasteiger partial charge < -0.3 is 10.2 Å². The van der Waals surface area contributed by atoms with Crippen LogP contribution in [0.4, 0.5) is 5.69 Å². The van der Waals surface area contributed by atoms with Crippen molar-refractivity contribution in [1.29, 1.82) is 0 Å². The summed E-state index contributed by atoms with van der Waals surface area (Å²) in [5.41, 5.74) is 2.50. The van der Waals surface area contributed by atoms with Crippen molar-refractivity contribution >= 4 is 17.8 Å². The highest BCUT2D eigenvalue weighted by atomic mass is 16.6. The molecular weight excluding hydrogens is 290 g/mol. The molecule has 0 heterocycles. The summed E-state index contributed by atoms with van der Waals surface area (Å²) in [7, 11) is 0. The van der Waals surface area contributed by atoms with Crippen LogP contribution in [0, 0.1) is 10.1 Å². The van der Waals surface area contributed by atoms with Gasteiger partial charge in [-0.1, -0.05) is 0 Å². The maximum Gasteiger partial charge on any atom is 0.273 e.